The summed E-state index contributed by atoms with van der Waals surface area (Å²) in [6.07, 6.45) is 1.08. The molecule has 28 heavy (non-hydrogen) atoms. The third-order valence-electron chi connectivity index (χ3n) is 4.47. The van der Waals surface area contributed by atoms with Gasteiger partial charge >= 0.3 is 0 Å². The number of hydrogen-bond donors (Lipinski definition) is 1. The van der Waals surface area contributed by atoms with Crippen molar-refractivity contribution in [3.05, 3.63) is 58.6 Å². The number of amides is 1. The number of likely N-dealkylation sites (tertiary alicyclic amines) is 1. The van der Waals surface area contributed by atoms with Crippen LogP contribution in [0.4, 0.5) is 0 Å². The second kappa shape index (κ2) is 9.13. The summed E-state index contributed by atoms with van der Waals surface area (Å²) in [7, 11) is -3.56. The lowest BCUT2D eigenvalue weighted by molar-refractivity contribution is -0.134. The highest BCUT2D eigenvalue weighted by Gasteiger charge is 2.26. The average Bonchev–Trinajstić information content (AvgIpc) is 2.68. The molecule has 1 saturated heterocycles. The number of carbonyl (C=O) groups excluding carboxylic acids is 1. The quantitative estimate of drug-likeness (QED) is 0.743. The lowest BCUT2D eigenvalue weighted by atomic mass is 10.1. The zero-order valence-corrected chi connectivity index (χ0v) is 17.3. The van der Waals surface area contributed by atoms with Gasteiger partial charge in [-0.3, -0.25) is 4.79 Å². The Kier molecular flexibility index (Phi) is 6.82. The fraction of sp³-hybridized carbons (Fsp3) is 0.316. The van der Waals surface area contributed by atoms with Gasteiger partial charge < -0.3 is 9.64 Å². The number of piperidine rings is 1. The van der Waals surface area contributed by atoms with Gasteiger partial charge in [0.25, 0.3) is 5.91 Å². The van der Waals surface area contributed by atoms with Gasteiger partial charge in [-0.15, -0.1) is 0 Å². The molecule has 0 spiro atoms. The van der Waals surface area contributed by atoms with E-state index in [1.165, 1.54) is 0 Å². The van der Waals surface area contributed by atoms with Crippen LogP contribution in [0.5, 0.6) is 5.75 Å². The molecule has 3 rings (SSSR count). The Balaban J connectivity index is 1.49. The Hall–Kier alpha value is -1.80. The first-order chi connectivity index (χ1) is 13.3. The van der Waals surface area contributed by atoms with Gasteiger partial charge in [0.05, 0.1) is 9.92 Å². The van der Waals surface area contributed by atoms with Crippen LogP contribution >= 0.6 is 23.2 Å². The summed E-state index contributed by atoms with van der Waals surface area (Å²) in [5.41, 5.74) is 0. The molecule has 9 heteroatoms. The van der Waals surface area contributed by atoms with E-state index in [1.807, 2.05) is 0 Å². The van der Waals surface area contributed by atoms with Crippen molar-refractivity contribution in [3.63, 3.8) is 0 Å². The highest BCUT2D eigenvalue weighted by atomic mass is 35.5. The molecule has 0 unspecified atom stereocenters. The third kappa shape index (κ3) is 5.38. The molecule has 1 heterocycles. The SMILES string of the molecule is O=C(COc1ccc(Cl)cc1Cl)N1CCC(NS(=O)(=O)c2ccccc2)CC1. The number of carbonyl (C=O) groups is 1. The Morgan fingerprint density at radius 2 is 1.79 bits per heavy atom. The van der Waals surface area contributed by atoms with Crippen LogP contribution in [-0.2, 0) is 14.8 Å². The van der Waals surface area contributed by atoms with Crippen molar-refractivity contribution in [2.75, 3.05) is 19.7 Å². The molecular formula is C19H20Cl2N2O4S. The van der Waals surface area contributed by atoms with E-state index < -0.39 is 10.0 Å². The number of ether oxygens (including phenoxy) is 1. The predicted molar refractivity (Wildman–Crippen MR) is 108 cm³/mol. The van der Waals surface area contributed by atoms with E-state index in [-0.39, 0.29) is 23.5 Å². The average molecular weight is 443 g/mol. The molecule has 0 radical (unpaired) electrons. The number of hydrogen-bond acceptors (Lipinski definition) is 4. The van der Waals surface area contributed by atoms with Crippen molar-refractivity contribution >= 4 is 39.1 Å². The molecule has 0 atom stereocenters. The summed E-state index contributed by atoms with van der Waals surface area (Å²) >= 11 is 11.9. The van der Waals surface area contributed by atoms with Crippen molar-refractivity contribution < 1.29 is 17.9 Å². The lowest BCUT2D eigenvalue weighted by Gasteiger charge is -2.32. The minimum atomic E-state index is -3.56. The molecule has 2 aromatic carbocycles. The van der Waals surface area contributed by atoms with Crippen molar-refractivity contribution in [1.29, 1.82) is 0 Å². The van der Waals surface area contributed by atoms with Gasteiger partial charge in [-0.1, -0.05) is 41.4 Å². The van der Waals surface area contributed by atoms with Crippen molar-refractivity contribution in [3.8, 4) is 5.75 Å². The third-order valence-corrected chi connectivity index (χ3v) is 6.53. The number of halogens is 2. The van der Waals surface area contributed by atoms with Crippen LogP contribution in [0.2, 0.25) is 10.0 Å². The van der Waals surface area contributed by atoms with Gasteiger partial charge in [0.15, 0.2) is 6.61 Å². The van der Waals surface area contributed by atoms with Crippen molar-refractivity contribution in [1.82, 2.24) is 9.62 Å². The van der Waals surface area contributed by atoms with Gasteiger partial charge in [0.2, 0.25) is 10.0 Å². The number of nitrogens with one attached hydrogen (secondary N) is 1. The zero-order valence-electron chi connectivity index (χ0n) is 15.0. The molecule has 1 aliphatic rings. The monoisotopic (exact) mass is 442 g/mol. The van der Waals surface area contributed by atoms with Gasteiger partial charge in [-0.25, -0.2) is 13.1 Å². The summed E-state index contributed by atoms with van der Waals surface area (Å²) in [5, 5.41) is 0.832. The van der Waals surface area contributed by atoms with Crippen LogP contribution in [0.15, 0.2) is 53.4 Å². The number of nitrogens with zero attached hydrogens (tertiary/aromatic N) is 1. The first-order valence-corrected chi connectivity index (χ1v) is 11.0. The van der Waals surface area contributed by atoms with Gasteiger partial charge in [0, 0.05) is 24.2 Å². The smallest absolute Gasteiger partial charge is 0.260 e. The van der Waals surface area contributed by atoms with Crippen molar-refractivity contribution in [2.24, 2.45) is 0 Å². The Labute approximate surface area is 174 Å². The summed E-state index contributed by atoms with van der Waals surface area (Å²) in [6, 6.07) is 12.8. The van der Waals surface area contributed by atoms with Gasteiger partial charge in [-0.2, -0.15) is 0 Å². The summed E-state index contributed by atoms with van der Waals surface area (Å²) in [4.78, 5) is 14.3. The number of sulfonamides is 1. The van der Waals surface area contributed by atoms with Crippen LogP contribution in [0.3, 0.4) is 0 Å². The van der Waals surface area contributed by atoms with Crippen LogP contribution in [-0.4, -0.2) is 45.0 Å². The molecule has 2 aromatic rings. The molecule has 150 valence electrons. The summed E-state index contributed by atoms with van der Waals surface area (Å²) < 4.78 is 33.0. The molecule has 1 fully saturated rings. The molecule has 1 N–H and O–H groups in total. The second-order valence-electron chi connectivity index (χ2n) is 6.45. The Morgan fingerprint density at radius 1 is 1.11 bits per heavy atom. The van der Waals surface area contributed by atoms with E-state index in [0.29, 0.717) is 41.7 Å². The highest BCUT2D eigenvalue weighted by molar-refractivity contribution is 7.89. The van der Waals surface area contributed by atoms with Gasteiger partial charge in [0.1, 0.15) is 5.75 Å². The first-order valence-electron chi connectivity index (χ1n) is 8.78. The molecule has 1 aliphatic heterocycles. The van der Waals surface area contributed by atoms with Gasteiger partial charge in [-0.05, 0) is 43.2 Å². The molecule has 0 aromatic heterocycles. The second-order valence-corrected chi connectivity index (χ2v) is 9.01. The molecule has 0 bridgehead atoms. The zero-order chi connectivity index (χ0) is 20.1. The predicted octanol–water partition coefficient (Wildman–Crippen LogP) is 3.34. The highest BCUT2D eigenvalue weighted by Crippen LogP contribution is 2.27. The topological polar surface area (TPSA) is 75.7 Å². The lowest BCUT2D eigenvalue weighted by Crippen LogP contribution is -2.47. The molecule has 1 amide bonds. The van der Waals surface area contributed by atoms with E-state index in [1.54, 1.807) is 53.4 Å². The van der Waals surface area contributed by atoms with Crippen molar-refractivity contribution in [2.45, 2.75) is 23.8 Å². The summed E-state index contributed by atoms with van der Waals surface area (Å²) in [6.45, 7) is 0.777. The van der Waals surface area contributed by atoms with E-state index in [4.69, 9.17) is 27.9 Å². The van der Waals surface area contributed by atoms with Crippen LogP contribution < -0.4 is 9.46 Å². The van der Waals surface area contributed by atoms with E-state index >= 15 is 0 Å². The fourth-order valence-electron chi connectivity index (χ4n) is 2.96. The minimum absolute atomic E-state index is 0.137. The van der Waals surface area contributed by atoms with E-state index in [9.17, 15) is 13.2 Å². The minimum Gasteiger partial charge on any atom is -0.482 e. The molecular weight excluding hydrogens is 423 g/mol. The van der Waals surface area contributed by atoms with Crippen LogP contribution in [0, 0.1) is 0 Å². The molecule has 0 aliphatic carbocycles. The maximum atomic E-state index is 12.4. The number of benzene rings is 2. The maximum Gasteiger partial charge on any atom is 0.260 e. The molecule has 0 saturated carbocycles. The Morgan fingerprint density at radius 3 is 2.43 bits per heavy atom. The first kappa shape index (κ1) is 20.9. The van der Waals surface area contributed by atoms with E-state index in [2.05, 4.69) is 4.72 Å². The van der Waals surface area contributed by atoms with Crippen LogP contribution in [0.25, 0.3) is 0 Å². The standard InChI is InChI=1S/C19H20Cl2N2O4S/c20-14-6-7-18(17(21)12-14)27-13-19(24)23-10-8-15(9-11-23)22-28(25,26)16-4-2-1-3-5-16/h1-7,12,15,22H,8-11,13H2. The molecule has 6 nitrogen and oxygen atoms in total. The Bertz CT molecular complexity index is 930. The fourth-order valence-corrected chi connectivity index (χ4v) is 4.75. The largest absolute Gasteiger partial charge is 0.482 e. The normalized spacial score (nSPS) is 15.4. The summed E-state index contributed by atoms with van der Waals surface area (Å²) in [5.74, 6) is 0.223. The number of rotatable bonds is 6. The maximum absolute atomic E-state index is 12.4. The van der Waals surface area contributed by atoms with E-state index in [0.717, 1.165) is 0 Å². The van der Waals surface area contributed by atoms with Crippen LogP contribution in [0.1, 0.15) is 12.8 Å².